The number of halogens is 1. The third kappa shape index (κ3) is 3.19. The van der Waals surface area contributed by atoms with Gasteiger partial charge in [0.2, 0.25) is 0 Å². The summed E-state index contributed by atoms with van der Waals surface area (Å²) >= 11 is 6.06. The van der Waals surface area contributed by atoms with E-state index < -0.39 is 5.60 Å². The van der Waals surface area contributed by atoms with Crippen molar-refractivity contribution < 1.29 is 5.11 Å². The van der Waals surface area contributed by atoms with E-state index in [4.69, 9.17) is 11.6 Å². The number of likely N-dealkylation sites (N-methyl/N-ethyl adjacent to an activating group) is 1. The molecular formula is C17H22ClN3O. The third-order valence-electron chi connectivity index (χ3n) is 4.19. The van der Waals surface area contributed by atoms with E-state index in [0.29, 0.717) is 18.1 Å². The lowest BCUT2D eigenvalue weighted by molar-refractivity contribution is 0.00376. The summed E-state index contributed by atoms with van der Waals surface area (Å²) in [5, 5.41) is 12.6. The molecule has 0 unspecified atom stereocenters. The van der Waals surface area contributed by atoms with Gasteiger partial charge in [-0.1, -0.05) is 11.6 Å². The normalized spacial score (nSPS) is 22.5. The molecule has 1 atom stereocenters. The first kappa shape index (κ1) is 15.5. The van der Waals surface area contributed by atoms with Gasteiger partial charge in [0.05, 0.1) is 11.1 Å². The van der Waals surface area contributed by atoms with Gasteiger partial charge in [-0.25, -0.2) is 0 Å². The summed E-state index contributed by atoms with van der Waals surface area (Å²) in [6.07, 6.45) is 3.64. The number of hydrogen-bond acceptors (Lipinski definition) is 4. The van der Waals surface area contributed by atoms with Gasteiger partial charge in [0, 0.05) is 41.9 Å². The summed E-state index contributed by atoms with van der Waals surface area (Å²) in [5.74, 6) is 0. The fourth-order valence-electron chi connectivity index (χ4n) is 3.42. The van der Waals surface area contributed by atoms with Crippen LogP contribution in [0.3, 0.4) is 0 Å². The van der Waals surface area contributed by atoms with Gasteiger partial charge in [0.15, 0.2) is 0 Å². The molecule has 22 heavy (non-hydrogen) atoms. The van der Waals surface area contributed by atoms with Crippen LogP contribution in [0.1, 0.15) is 12.8 Å². The van der Waals surface area contributed by atoms with E-state index in [1.54, 1.807) is 0 Å². The standard InChI is InChI=1S/C17H22ClN3O/c1-20(2)11-17(22)7-3-9-21(12-17)16-6-8-19-15-10-13(18)4-5-14(15)16/h4-6,8,10,22H,3,7,9,11-12H2,1-2H3/t17-/m0/s1. The van der Waals surface area contributed by atoms with Crippen LogP contribution in [-0.2, 0) is 0 Å². The van der Waals surface area contributed by atoms with Crippen LogP contribution in [0.15, 0.2) is 30.5 Å². The molecule has 1 saturated heterocycles. The minimum Gasteiger partial charge on any atom is -0.387 e. The Kier molecular flexibility index (Phi) is 4.26. The lowest BCUT2D eigenvalue weighted by Crippen LogP contribution is -2.53. The molecule has 1 aliphatic rings. The molecule has 1 N–H and O–H groups in total. The molecule has 0 amide bonds. The number of pyridine rings is 1. The fourth-order valence-corrected chi connectivity index (χ4v) is 3.58. The highest BCUT2D eigenvalue weighted by atomic mass is 35.5. The van der Waals surface area contributed by atoms with Crippen LogP contribution >= 0.6 is 11.6 Å². The SMILES string of the molecule is CN(C)C[C@@]1(O)CCCN(c2ccnc3cc(Cl)ccc23)C1. The van der Waals surface area contributed by atoms with Crippen molar-refractivity contribution >= 4 is 28.2 Å². The predicted octanol–water partition coefficient (Wildman–Crippen LogP) is 2.78. The molecule has 5 heteroatoms. The zero-order chi connectivity index (χ0) is 15.7. The van der Waals surface area contributed by atoms with Crippen molar-refractivity contribution in [1.82, 2.24) is 9.88 Å². The smallest absolute Gasteiger partial charge is 0.0948 e. The Labute approximate surface area is 136 Å². The Morgan fingerprint density at radius 2 is 2.18 bits per heavy atom. The van der Waals surface area contributed by atoms with E-state index in [2.05, 4.69) is 9.88 Å². The molecular weight excluding hydrogens is 298 g/mol. The van der Waals surface area contributed by atoms with E-state index in [1.807, 2.05) is 49.5 Å². The van der Waals surface area contributed by atoms with Crippen LogP contribution in [-0.4, -0.2) is 54.3 Å². The molecule has 2 heterocycles. The van der Waals surface area contributed by atoms with Gasteiger partial charge in [-0.3, -0.25) is 4.98 Å². The number of aromatic nitrogens is 1. The highest BCUT2D eigenvalue weighted by Gasteiger charge is 2.34. The average molecular weight is 320 g/mol. The number of aliphatic hydroxyl groups is 1. The maximum Gasteiger partial charge on any atom is 0.0948 e. The predicted molar refractivity (Wildman–Crippen MR) is 91.7 cm³/mol. The Balaban J connectivity index is 1.94. The van der Waals surface area contributed by atoms with Crippen molar-refractivity contribution in [2.45, 2.75) is 18.4 Å². The van der Waals surface area contributed by atoms with Crippen molar-refractivity contribution in [3.05, 3.63) is 35.5 Å². The maximum absolute atomic E-state index is 10.9. The topological polar surface area (TPSA) is 39.6 Å². The summed E-state index contributed by atoms with van der Waals surface area (Å²) in [7, 11) is 4.00. The fraction of sp³-hybridized carbons (Fsp3) is 0.471. The number of benzene rings is 1. The maximum atomic E-state index is 10.9. The van der Waals surface area contributed by atoms with Crippen LogP contribution in [0, 0.1) is 0 Å². The molecule has 0 aliphatic carbocycles. The van der Waals surface area contributed by atoms with Crippen molar-refractivity contribution in [2.75, 3.05) is 38.6 Å². The van der Waals surface area contributed by atoms with Gasteiger partial charge < -0.3 is 14.9 Å². The molecule has 0 spiro atoms. The number of rotatable bonds is 3. The molecule has 1 fully saturated rings. The van der Waals surface area contributed by atoms with E-state index in [0.717, 1.165) is 36.0 Å². The first-order valence-electron chi connectivity index (χ1n) is 7.63. The highest BCUT2D eigenvalue weighted by Crippen LogP contribution is 2.32. The quantitative estimate of drug-likeness (QED) is 0.944. The summed E-state index contributed by atoms with van der Waals surface area (Å²) in [6.45, 7) is 2.28. The molecule has 118 valence electrons. The van der Waals surface area contributed by atoms with Crippen LogP contribution < -0.4 is 4.90 Å². The number of hydrogen-bond donors (Lipinski definition) is 1. The molecule has 3 rings (SSSR count). The van der Waals surface area contributed by atoms with Crippen molar-refractivity contribution in [2.24, 2.45) is 0 Å². The van der Waals surface area contributed by atoms with Gasteiger partial charge in [-0.05, 0) is 51.2 Å². The Bertz CT molecular complexity index is 676. The second kappa shape index (κ2) is 6.03. The van der Waals surface area contributed by atoms with Gasteiger partial charge in [0.25, 0.3) is 0 Å². The first-order chi connectivity index (χ1) is 10.5. The number of nitrogens with zero attached hydrogens (tertiary/aromatic N) is 3. The molecule has 2 aromatic rings. The minimum absolute atomic E-state index is 0.646. The van der Waals surface area contributed by atoms with Crippen LogP contribution in [0.25, 0.3) is 10.9 Å². The average Bonchev–Trinajstić information content (AvgIpc) is 2.45. The molecule has 1 aromatic carbocycles. The molecule has 0 radical (unpaired) electrons. The monoisotopic (exact) mass is 319 g/mol. The largest absolute Gasteiger partial charge is 0.387 e. The van der Waals surface area contributed by atoms with Gasteiger partial charge in [-0.2, -0.15) is 0 Å². The molecule has 1 aromatic heterocycles. The van der Waals surface area contributed by atoms with Crippen molar-refractivity contribution in [3.8, 4) is 0 Å². The highest BCUT2D eigenvalue weighted by molar-refractivity contribution is 6.31. The van der Waals surface area contributed by atoms with E-state index in [9.17, 15) is 5.11 Å². The van der Waals surface area contributed by atoms with Crippen LogP contribution in [0.2, 0.25) is 5.02 Å². The van der Waals surface area contributed by atoms with E-state index in [-0.39, 0.29) is 0 Å². The zero-order valence-electron chi connectivity index (χ0n) is 13.1. The van der Waals surface area contributed by atoms with Gasteiger partial charge in [-0.15, -0.1) is 0 Å². The second-order valence-electron chi connectivity index (χ2n) is 6.48. The summed E-state index contributed by atoms with van der Waals surface area (Å²) in [6, 6.07) is 7.82. The number of anilines is 1. The molecule has 0 saturated carbocycles. The molecule has 4 nitrogen and oxygen atoms in total. The van der Waals surface area contributed by atoms with Crippen molar-refractivity contribution in [3.63, 3.8) is 0 Å². The summed E-state index contributed by atoms with van der Waals surface area (Å²) in [5.41, 5.74) is 1.36. The minimum atomic E-state index is -0.663. The lowest BCUT2D eigenvalue weighted by Gasteiger charge is -2.42. The Morgan fingerprint density at radius 1 is 1.36 bits per heavy atom. The summed E-state index contributed by atoms with van der Waals surface area (Å²) < 4.78 is 0. The Hall–Kier alpha value is -1.36. The third-order valence-corrected chi connectivity index (χ3v) is 4.42. The number of piperidine rings is 1. The van der Waals surface area contributed by atoms with E-state index in [1.165, 1.54) is 0 Å². The van der Waals surface area contributed by atoms with Crippen LogP contribution in [0.5, 0.6) is 0 Å². The van der Waals surface area contributed by atoms with Crippen LogP contribution in [0.4, 0.5) is 5.69 Å². The number of fused-ring (bicyclic) bond motifs is 1. The molecule has 0 bridgehead atoms. The number of β-amino-alcohol motifs (C(OH)–C–C–N with tert-alkyl or cyclic N) is 1. The first-order valence-corrected chi connectivity index (χ1v) is 8.01. The van der Waals surface area contributed by atoms with E-state index >= 15 is 0 Å². The Morgan fingerprint density at radius 3 is 2.95 bits per heavy atom. The zero-order valence-corrected chi connectivity index (χ0v) is 13.8. The summed E-state index contributed by atoms with van der Waals surface area (Å²) in [4.78, 5) is 8.72. The lowest BCUT2D eigenvalue weighted by atomic mass is 9.91. The van der Waals surface area contributed by atoms with Gasteiger partial charge >= 0.3 is 0 Å². The second-order valence-corrected chi connectivity index (χ2v) is 6.92. The molecule has 1 aliphatic heterocycles. The van der Waals surface area contributed by atoms with Crippen molar-refractivity contribution in [1.29, 1.82) is 0 Å². The van der Waals surface area contributed by atoms with Gasteiger partial charge in [0.1, 0.15) is 0 Å².